The summed E-state index contributed by atoms with van der Waals surface area (Å²) < 4.78 is 0. The van der Waals surface area contributed by atoms with Crippen LogP contribution in [0.2, 0.25) is 0 Å². The van der Waals surface area contributed by atoms with E-state index in [2.05, 4.69) is 216 Å². The molecule has 1 aliphatic carbocycles. The van der Waals surface area contributed by atoms with E-state index in [1.165, 1.54) is 107 Å². The first kappa shape index (κ1) is 36.7. The molecule has 0 unspecified atom stereocenters. The molecule has 0 atom stereocenters. The van der Waals surface area contributed by atoms with Gasteiger partial charge in [0.05, 0.1) is 5.69 Å². The van der Waals surface area contributed by atoms with E-state index in [1.807, 2.05) is 0 Å². The Morgan fingerprint density at radius 2 is 1.10 bits per heavy atom. The lowest BCUT2D eigenvalue weighted by Crippen LogP contribution is -2.46. The van der Waals surface area contributed by atoms with Gasteiger partial charge in [0.2, 0.25) is 0 Å². The number of rotatable bonds is 5. The van der Waals surface area contributed by atoms with Crippen LogP contribution in [0.1, 0.15) is 76.6 Å². The van der Waals surface area contributed by atoms with Crippen molar-refractivity contribution in [1.82, 2.24) is 0 Å². The Balaban J connectivity index is 1.13. The first-order valence-corrected chi connectivity index (χ1v) is 21.8. The van der Waals surface area contributed by atoms with Crippen LogP contribution in [0.15, 0.2) is 164 Å². The molecule has 0 radical (unpaired) electrons. The van der Waals surface area contributed by atoms with Crippen LogP contribution in [0, 0.1) is 0 Å². The second-order valence-corrected chi connectivity index (χ2v) is 19.3. The molecule has 0 saturated carbocycles. The molecular formula is C57H51BN2. The van der Waals surface area contributed by atoms with E-state index in [4.69, 9.17) is 0 Å². The molecule has 292 valence electrons. The summed E-state index contributed by atoms with van der Waals surface area (Å²) in [5, 5.41) is 6.53. The van der Waals surface area contributed by atoms with Gasteiger partial charge < -0.3 is 10.2 Å². The lowest BCUT2D eigenvalue weighted by molar-refractivity contribution is 0.331. The average molecular weight is 775 g/mol. The van der Waals surface area contributed by atoms with Gasteiger partial charge in [0.25, 0.3) is 0 Å². The minimum absolute atomic E-state index is 0.0924. The fraction of sp³-hybridized carbons (Fsp3) is 0.193. The van der Waals surface area contributed by atoms with Crippen molar-refractivity contribution in [2.24, 2.45) is 0 Å². The number of fused-ring (bicyclic) bond motifs is 7. The number of nitrogens with one attached hydrogen (secondary N) is 1. The Hall–Kier alpha value is -6.32. The van der Waals surface area contributed by atoms with Crippen LogP contribution in [0.5, 0.6) is 0 Å². The zero-order valence-corrected chi connectivity index (χ0v) is 35.7. The fourth-order valence-corrected chi connectivity index (χ4v) is 10.8. The summed E-state index contributed by atoms with van der Waals surface area (Å²) in [5.74, 6) is 0. The van der Waals surface area contributed by atoms with Crippen LogP contribution < -0.4 is 21.1 Å². The first-order valence-electron chi connectivity index (χ1n) is 21.8. The summed E-state index contributed by atoms with van der Waals surface area (Å²) in [6, 6.07) is 61.1. The number of benzene rings is 8. The number of hydrogen-bond donors (Lipinski definition) is 1. The van der Waals surface area contributed by atoms with Gasteiger partial charge >= 0.3 is 0 Å². The summed E-state index contributed by atoms with van der Waals surface area (Å²) in [7, 11) is 0.861. The fourth-order valence-electron chi connectivity index (χ4n) is 10.8. The Morgan fingerprint density at radius 3 is 1.80 bits per heavy atom. The monoisotopic (exact) mass is 774 g/mol. The molecule has 8 aromatic carbocycles. The molecule has 0 bridgehead atoms. The van der Waals surface area contributed by atoms with Gasteiger partial charge in [-0.15, -0.1) is 0 Å². The predicted molar refractivity (Wildman–Crippen MR) is 258 cm³/mol. The van der Waals surface area contributed by atoms with Crippen molar-refractivity contribution in [1.29, 1.82) is 0 Å². The maximum absolute atomic E-state index is 3.97. The SMILES string of the molecule is CC1(C)CCC(C)(C)c2cc3c(cc21)N1c2c(cccc2C3(C)C)Bc2c(-c3ccccc3Nc3cc(-c4ccccc4)cc(-c4ccccc4)c3)cc3ccccc3c21. The number of para-hydroxylation sites is 2. The van der Waals surface area contributed by atoms with Crippen LogP contribution in [-0.2, 0) is 16.2 Å². The predicted octanol–water partition coefficient (Wildman–Crippen LogP) is 13.7. The van der Waals surface area contributed by atoms with Gasteiger partial charge in [-0.2, -0.15) is 0 Å². The Kier molecular flexibility index (Phi) is 8.17. The van der Waals surface area contributed by atoms with Crippen LogP contribution in [0.25, 0.3) is 44.2 Å². The van der Waals surface area contributed by atoms with Gasteiger partial charge in [-0.3, -0.25) is 0 Å². The van der Waals surface area contributed by atoms with Crippen molar-refractivity contribution >= 4 is 57.4 Å². The van der Waals surface area contributed by atoms with E-state index in [1.54, 1.807) is 0 Å². The molecule has 2 aliphatic heterocycles. The van der Waals surface area contributed by atoms with Crippen LogP contribution in [-0.4, -0.2) is 7.28 Å². The maximum Gasteiger partial charge on any atom is 0.198 e. The summed E-state index contributed by atoms with van der Waals surface area (Å²) in [6.45, 7) is 14.7. The van der Waals surface area contributed by atoms with E-state index < -0.39 is 0 Å². The molecule has 1 N–H and O–H groups in total. The zero-order valence-electron chi connectivity index (χ0n) is 35.7. The van der Waals surface area contributed by atoms with E-state index in [0.29, 0.717) is 0 Å². The lowest BCUT2D eigenvalue weighted by Gasteiger charge is -2.49. The van der Waals surface area contributed by atoms with E-state index >= 15 is 0 Å². The molecule has 2 nitrogen and oxygen atoms in total. The molecule has 0 saturated heterocycles. The van der Waals surface area contributed by atoms with E-state index in [0.717, 1.165) is 18.7 Å². The lowest BCUT2D eigenvalue weighted by atomic mass is 9.55. The van der Waals surface area contributed by atoms with Crippen molar-refractivity contribution in [3.63, 3.8) is 0 Å². The quantitative estimate of drug-likeness (QED) is 0.175. The van der Waals surface area contributed by atoms with Crippen molar-refractivity contribution in [2.75, 3.05) is 10.2 Å². The molecule has 60 heavy (non-hydrogen) atoms. The van der Waals surface area contributed by atoms with Crippen LogP contribution in [0.4, 0.5) is 28.4 Å². The Morgan fingerprint density at radius 1 is 0.483 bits per heavy atom. The third kappa shape index (κ3) is 5.70. The van der Waals surface area contributed by atoms with Gasteiger partial charge in [-0.05, 0) is 121 Å². The first-order chi connectivity index (χ1) is 29.0. The van der Waals surface area contributed by atoms with Crippen molar-refractivity contribution in [2.45, 2.75) is 70.6 Å². The number of nitrogens with zero attached hydrogens (tertiary/aromatic N) is 1. The number of hydrogen-bond acceptors (Lipinski definition) is 2. The smallest absolute Gasteiger partial charge is 0.198 e. The molecule has 0 amide bonds. The highest BCUT2D eigenvalue weighted by Crippen LogP contribution is 2.57. The van der Waals surface area contributed by atoms with Gasteiger partial charge in [-0.25, -0.2) is 0 Å². The molecule has 0 aromatic heterocycles. The molecule has 3 heteroatoms. The number of anilines is 5. The second-order valence-electron chi connectivity index (χ2n) is 19.3. The summed E-state index contributed by atoms with van der Waals surface area (Å²) in [5.41, 5.74) is 22.1. The molecule has 2 heterocycles. The molecule has 3 aliphatic rings. The summed E-state index contributed by atoms with van der Waals surface area (Å²) in [4.78, 5) is 2.69. The largest absolute Gasteiger partial charge is 0.355 e. The van der Waals surface area contributed by atoms with Gasteiger partial charge in [0.15, 0.2) is 7.28 Å². The van der Waals surface area contributed by atoms with Gasteiger partial charge in [0.1, 0.15) is 0 Å². The zero-order chi connectivity index (χ0) is 41.0. The Labute approximate surface area is 356 Å². The minimum Gasteiger partial charge on any atom is -0.355 e. The third-order valence-electron chi connectivity index (χ3n) is 14.3. The highest BCUT2D eigenvalue weighted by atomic mass is 15.2. The summed E-state index contributed by atoms with van der Waals surface area (Å²) >= 11 is 0. The van der Waals surface area contributed by atoms with Gasteiger partial charge in [-0.1, -0.05) is 174 Å². The topological polar surface area (TPSA) is 15.3 Å². The second kappa shape index (κ2) is 13.3. The third-order valence-corrected chi connectivity index (χ3v) is 14.3. The Bertz CT molecular complexity index is 2950. The molecule has 11 rings (SSSR count). The van der Waals surface area contributed by atoms with Crippen molar-refractivity contribution < 1.29 is 0 Å². The highest BCUT2D eigenvalue weighted by Gasteiger charge is 2.45. The minimum atomic E-state index is -0.155. The summed E-state index contributed by atoms with van der Waals surface area (Å²) in [6.07, 6.45) is 2.39. The van der Waals surface area contributed by atoms with Crippen molar-refractivity contribution in [3.8, 4) is 33.4 Å². The standard InChI is InChI=1S/C57H51BN2/c1-55(2)28-29-56(3,4)47-35-51-48(34-46(47)55)57(5,6)45-25-17-26-49-54(45)60(51)53-42-23-14-13-22-38(42)33-44(52(53)58-49)43-24-15-16-27-50(43)59-41-31-39(36-18-9-7-10-19-36)30-40(32-41)37-20-11-8-12-21-37/h7-27,30-35,58-59H,28-29H2,1-6H3. The van der Waals surface area contributed by atoms with Crippen molar-refractivity contribution in [3.05, 3.63) is 186 Å². The van der Waals surface area contributed by atoms with E-state index in [9.17, 15) is 0 Å². The molecule has 8 aromatic rings. The maximum atomic E-state index is 3.97. The highest BCUT2D eigenvalue weighted by molar-refractivity contribution is 6.74. The average Bonchev–Trinajstić information content (AvgIpc) is 3.27. The van der Waals surface area contributed by atoms with Crippen LogP contribution >= 0.6 is 0 Å². The normalized spacial score (nSPS) is 16.2. The molecule has 0 fully saturated rings. The molecular weight excluding hydrogens is 723 g/mol. The van der Waals surface area contributed by atoms with Crippen LogP contribution in [0.3, 0.4) is 0 Å². The van der Waals surface area contributed by atoms with E-state index in [-0.39, 0.29) is 16.2 Å². The molecule has 0 spiro atoms. The van der Waals surface area contributed by atoms with Gasteiger partial charge in [0, 0.05) is 39.1 Å².